The van der Waals surface area contributed by atoms with Gasteiger partial charge in [-0.15, -0.1) is 0 Å². The van der Waals surface area contributed by atoms with E-state index in [1.807, 2.05) is 0 Å². The summed E-state index contributed by atoms with van der Waals surface area (Å²) in [5.74, 6) is 0.511. The molecule has 0 radical (unpaired) electrons. The van der Waals surface area contributed by atoms with Crippen LogP contribution >= 0.6 is 0 Å². The summed E-state index contributed by atoms with van der Waals surface area (Å²) in [5, 5.41) is 0. The molecule has 0 amide bonds. The van der Waals surface area contributed by atoms with Crippen LogP contribution in [0.3, 0.4) is 0 Å². The van der Waals surface area contributed by atoms with E-state index in [-0.39, 0.29) is 17.9 Å². The molecule has 0 aliphatic rings. The third-order valence-electron chi connectivity index (χ3n) is 6.03. The Bertz CT molecular complexity index is 917. The Morgan fingerprint density at radius 3 is 1.52 bits per heavy atom. The molecule has 3 rings (SSSR count). The average Bonchev–Trinajstić information content (AvgIpc) is 2.71. The van der Waals surface area contributed by atoms with Gasteiger partial charge in [-0.05, 0) is 48.6 Å². The third kappa shape index (κ3) is 4.60. The van der Waals surface area contributed by atoms with E-state index in [0.717, 1.165) is 0 Å². The topological polar surface area (TPSA) is 52.0 Å². The molecule has 29 heavy (non-hydrogen) atoms. The summed E-state index contributed by atoms with van der Waals surface area (Å²) < 4.78 is 0. The van der Waals surface area contributed by atoms with Crippen LogP contribution in [-0.4, -0.2) is 6.54 Å². The number of hydrogen-bond acceptors (Lipinski definition) is 2. The van der Waals surface area contributed by atoms with Gasteiger partial charge in [-0.25, -0.2) is 0 Å². The molecule has 0 aromatic heterocycles. The Kier molecular flexibility index (Phi) is 6.56. The zero-order valence-electron chi connectivity index (χ0n) is 18.4. The standard InChI is InChI=1S/C27H34N2/c1-17-8-6-10-22(12-17)20(4)24-14-19(3)15-25(27(24)26(29)16-28)21(5)23-11-7-9-18(2)13-23/h6-15,20-21,26H,16,28-29H2,1-5H3. The minimum atomic E-state index is -0.180. The minimum Gasteiger partial charge on any atom is -0.329 e. The minimum absolute atomic E-state index is 0.180. The highest BCUT2D eigenvalue weighted by Crippen LogP contribution is 2.38. The lowest BCUT2D eigenvalue weighted by Gasteiger charge is -2.28. The van der Waals surface area contributed by atoms with Crippen LogP contribution in [-0.2, 0) is 0 Å². The predicted molar refractivity (Wildman–Crippen MR) is 125 cm³/mol. The summed E-state index contributed by atoms with van der Waals surface area (Å²) in [5.41, 5.74) is 22.9. The van der Waals surface area contributed by atoms with Gasteiger partial charge in [0.1, 0.15) is 0 Å². The molecule has 0 bridgehead atoms. The van der Waals surface area contributed by atoms with Crippen molar-refractivity contribution in [3.63, 3.8) is 0 Å². The molecule has 3 aromatic rings. The highest BCUT2D eigenvalue weighted by Gasteiger charge is 2.24. The zero-order chi connectivity index (χ0) is 21.1. The second kappa shape index (κ2) is 8.94. The maximum atomic E-state index is 6.61. The maximum absolute atomic E-state index is 6.61. The van der Waals surface area contributed by atoms with Crippen molar-refractivity contribution >= 4 is 0 Å². The molecule has 2 nitrogen and oxygen atoms in total. The van der Waals surface area contributed by atoms with Crippen molar-refractivity contribution < 1.29 is 0 Å². The van der Waals surface area contributed by atoms with E-state index in [1.165, 1.54) is 44.5 Å². The van der Waals surface area contributed by atoms with Gasteiger partial charge in [0.2, 0.25) is 0 Å². The van der Waals surface area contributed by atoms with Gasteiger partial charge in [-0.3, -0.25) is 0 Å². The van der Waals surface area contributed by atoms with Gasteiger partial charge in [0.25, 0.3) is 0 Å². The largest absolute Gasteiger partial charge is 0.329 e. The summed E-state index contributed by atoms with van der Waals surface area (Å²) >= 11 is 0. The lowest BCUT2D eigenvalue weighted by Crippen LogP contribution is -2.25. The first-order chi connectivity index (χ1) is 13.8. The highest BCUT2D eigenvalue weighted by atomic mass is 14.7. The van der Waals surface area contributed by atoms with E-state index in [2.05, 4.69) is 95.3 Å². The van der Waals surface area contributed by atoms with E-state index in [0.29, 0.717) is 6.54 Å². The van der Waals surface area contributed by atoms with Crippen molar-refractivity contribution in [2.75, 3.05) is 6.54 Å². The molecule has 2 heteroatoms. The van der Waals surface area contributed by atoms with E-state index in [9.17, 15) is 0 Å². The first-order valence-corrected chi connectivity index (χ1v) is 10.5. The van der Waals surface area contributed by atoms with Crippen LogP contribution in [0.1, 0.15) is 76.2 Å². The fraction of sp³-hybridized carbons (Fsp3) is 0.333. The molecular weight excluding hydrogens is 352 g/mol. The molecule has 0 aliphatic carbocycles. The lowest BCUT2D eigenvalue weighted by atomic mass is 9.79. The normalized spacial score (nSPS) is 14.4. The van der Waals surface area contributed by atoms with E-state index in [1.54, 1.807) is 0 Å². The summed E-state index contributed by atoms with van der Waals surface area (Å²) in [7, 11) is 0. The first kappa shape index (κ1) is 21.3. The Balaban J connectivity index is 2.19. The van der Waals surface area contributed by atoms with Crippen molar-refractivity contribution in [1.82, 2.24) is 0 Å². The number of rotatable bonds is 6. The molecule has 0 heterocycles. The van der Waals surface area contributed by atoms with Gasteiger partial charge < -0.3 is 11.5 Å². The highest BCUT2D eigenvalue weighted by molar-refractivity contribution is 5.50. The van der Waals surface area contributed by atoms with Crippen molar-refractivity contribution in [2.24, 2.45) is 11.5 Å². The Labute approximate surface area is 176 Å². The molecule has 0 fully saturated rings. The fourth-order valence-corrected chi connectivity index (χ4v) is 4.35. The van der Waals surface area contributed by atoms with Crippen molar-refractivity contribution in [3.8, 4) is 0 Å². The molecule has 152 valence electrons. The third-order valence-corrected chi connectivity index (χ3v) is 6.03. The second-order valence-corrected chi connectivity index (χ2v) is 8.47. The molecule has 0 aliphatic heterocycles. The van der Waals surface area contributed by atoms with Gasteiger partial charge in [-0.1, -0.05) is 91.2 Å². The first-order valence-electron chi connectivity index (χ1n) is 10.5. The summed E-state index contributed by atoms with van der Waals surface area (Å²) in [6.45, 7) is 11.4. The van der Waals surface area contributed by atoms with Gasteiger partial charge in [0.15, 0.2) is 0 Å². The summed E-state index contributed by atoms with van der Waals surface area (Å²) in [6.07, 6.45) is 0. The Morgan fingerprint density at radius 1 is 0.690 bits per heavy atom. The van der Waals surface area contributed by atoms with E-state index >= 15 is 0 Å². The molecular formula is C27H34N2. The van der Waals surface area contributed by atoms with Crippen LogP contribution in [0.2, 0.25) is 0 Å². The van der Waals surface area contributed by atoms with Gasteiger partial charge in [-0.2, -0.15) is 0 Å². The van der Waals surface area contributed by atoms with Crippen LogP contribution in [0.5, 0.6) is 0 Å². The van der Waals surface area contributed by atoms with Gasteiger partial charge >= 0.3 is 0 Å². The second-order valence-electron chi connectivity index (χ2n) is 8.47. The van der Waals surface area contributed by atoms with Crippen LogP contribution in [0.25, 0.3) is 0 Å². The zero-order valence-corrected chi connectivity index (χ0v) is 18.4. The molecule has 3 aromatic carbocycles. The molecule has 3 unspecified atom stereocenters. The number of hydrogen-bond donors (Lipinski definition) is 2. The van der Waals surface area contributed by atoms with Crippen molar-refractivity contribution in [3.05, 3.63) is 105 Å². The Hall–Kier alpha value is -2.42. The Morgan fingerprint density at radius 2 is 1.14 bits per heavy atom. The van der Waals surface area contributed by atoms with Crippen LogP contribution in [0.15, 0.2) is 60.7 Å². The molecule has 0 saturated heterocycles. The fourth-order valence-electron chi connectivity index (χ4n) is 4.35. The predicted octanol–water partition coefficient (Wildman–Crippen LogP) is 5.87. The van der Waals surface area contributed by atoms with Gasteiger partial charge in [0.05, 0.1) is 0 Å². The maximum Gasteiger partial charge on any atom is 0.0425 e. The quantitative estimate of drug-likeness (QED) is 0.556. The van der Waals surface area contributed by atoms with Crippen molar-refractivity contribution in [2.45, 2.75) is 52.5 Å². The molecule has 4 N–H and O–H groups in total. The number of nitrogens with two attached hydrogens (primary N) is 2. The molecule has 0 saturated carbocycles. The average molecular weight is 387 g/mol. The van der Waals surface area contributed by atoms with E-state index < -0.39 is 0 Å². The monoisotopic (exact) mass is 386 g/mol. The van der Waals surface area contributed by atoms with Crippen LogP contribution in [0.4, 0.5) is 0 Å². The number of aryl methyl sites for hydroxylation is 3. The van der Waals surface area contributed by atoms with E-state index in [4.69, 9.17) is 11.5 Å². The van der Waals surface area contributed by atoms with Crippen molar-refractivity contribution in [1.29, 1.82) is 0 Å². The van der Waals surface area contributed by atoms with Crippen LogP contribution < -0.4 is 11.5 Å². The van der Waals surface area contributed by atoms with Gasteiger partial charge in [0, 0.05) is 24.4 Å². The smallest absolute Gasteiger partial charge is 0.0425 e. The SMILES string of the molecule is Cc1cccc(C(C)c2cc(C)cc(C(C)c3cccc(C)c3)c2C(N)CN)c1. The molecule has 0 spiro atoms. The lowest BCUT2D eigenvalue weighted by molar-refractivity contribution is 0.696. The summed E-state index contributed by atoms with van der Waals surface area (Å²) in [4.78, 5) is 0. The summed E-state index contributed by atoms with van der Waals surface area (Å²) in [6, 6.07) is 21.9. The number of benzene rings is 3. The van der Waals surface area contributed by atoms with Crippen LogP contribution in [0, 0.1) is 20.8 Å². The molecule has 3 atom stereocenters.